The van der Waals surface area contributed by atoms with Gasteiger partial charge in [0.25, 0.3) is 5.91 Å². The van der Waals surface area contributed by atoms with E-state index in [2.05, 4.69) is 10.2 Å². The second-order valence-corrected chi connectivity index (χ2v) is 5.49. The first-order chi connectivity index (χ1) is 8.40. The summed E-state index contributed by atoms with van der Waals surface area (Å²) in [6.07, 6.45) is 0.221. The third-order valence-corrected chi connectivity index (χ3v) is 3.41. The van der Waals surface area contributed by atoms with Crippen LogP contribution in [0.2, 0.25) is 0 Å². The highest BCUT2D eigenvalue weighted by Gasteiger charge is 2.43. The summed E-state index contributed by atoms with van der Waals surface area (Å²) in [6.45, 7) is 9.07. The van der Waals surface area contributed by atoms with Crippen LogP contribution in [-0.2, 0) is 9.53 Å². The van der Waals surface area contributed by atoms with Crippen LogP contribution in [0.4, 0.5) is 4.79 Å². The number of nitrogens with zero attached hydrogens (tertiary/aromatic N) is 2. The summed E-state index contributed by atoms with van der Waals surface area (Å²) in [5.74, 6) is -0.145. The predicted molar refractivity (Wildman–Crippen MR) is 66.2 cm³/mol. The molecule has 0 aromatic carbocycles. The Morgan fingerprint density at radius 3 is 2.67 bits per heavy atom. The van der Waals surface area contributed by atoms with Gasteiger partial charge in [-0.3, -0.25) is 14.6 Å². The summed E-state index contributed by atoms with van der Waals surface area (Å²) in [5.41, 5.74) is -0.768. The van der Waals surface area contributed by atoms with Gasteiger partial charge >= 0.3 is 6.03 Å². The summed E-state index contributed by atoms with van der Waals surface area (Å²) < 4.78 is 5.45. The van der Waals surface area contributed by atoms with E-state index in [9.17, 15) is 9.59 Å². The Morgan fingerprint density at radius 2 is 2.11 bits per heavy atom. The molecule has 3 amide bonds. The summed E-state index contributed by atoms with van der Waals surface area (Å²) in [5, 5.41) is 2.68. The maximum absolute atomic E-state index is 12.0. The summed E-state index contributed by atoms with van der Waals surface area (Å²) in [6, 6.07) is -0.286. The molecule has 2 heterocycles. The SMILES string of the molecule is C[C@@H]1CN(CCN2C(=O)NC(C)(C)C2=O)CCO1. The third kappa shape index (κ3) is 2.64. The topological polar surface area (TPSA) is 61.9 Å². The van der Waals surface area contributed by atoms with Gasteiger partial charge in [0.2, 0.25) is 0 Å². The lowest BCUT2D eigenvalue weighted by Gasteiger charge is -2.31. The van der Waals surface area contributed by atoms with Crippen molar-refractivity contribution in [2.75, 3.05) is 32.8 Å². The monoisotopic (exact) mass is 255 g/mol. The average Bonchev–Trinajstić information content (AvgIpc) is 2.46. The first kappa shape index (κ1) is 13.3. The summed E-state index contributed by atoms with van der Waals surface area (Å²) in [4.78, 5) is 27.2. The Bertz CT molecular complexity index is 356. The maximum atomic E-state index is 12.0. The van der Waals surface area contributed by atoms with Gasteiger partial charge in [-0.2, -0.15) is 0 Å². The number of carbonyl (C=O) groups excluding carboxylic acids is 2. The van der Waals surface area contributed by atoms with Crippen LogP contribution in [0.5, 0.6) is 0 Å². The minimum atomic E-state index is -0.768. The number of rotatable bonds is 3. The lowest BCUT2D eigenvalue weighted by molar-refractivity contribution is -0.130. The molecule has 2 fully saturated rings. The second-order valence-electron chi connectivity index (χ2n) is 5.49. The van der Waals surface area contributed by atoms with Crippen LogP contribution in [0.15, 0.2) is 0 Å². The number of imide groups is 1. The number of morpholine rings is 1. The molecule has 0 saturated carbocycles. The van der Waals surface area contributed by atoms with Gasteiger partial charge in [-0.05, 0) is 20.8 Å². The quantitative estimate of drug-likeness (QED) is 0.723. The normalized spacial score (nSPS) is 28.6. The van der Waals surface area contributed by atoms with Crippen molar-refractivity contribution in [3.8, 4) is 0 Å². The molecule has 0 aromatic rings. The Kier molecular flexibility index (Phi) is 3.59. The third-order valence-electron chi connectivity index (χ3n) is 3.41. The molecule has 102 valence electrons. The molecule has 2 aliphatic rings. The molecular formula is C12H21N3O3. The van der Waals surface area contributed by atoms with Crippen molar-refractivity contribution < 1.29 is 14.3 Å². The van der Waals surface area contributed by atoms with Gasteiger partial charge in [-0.1, -0.05) is 0 Å². The standard InChI is InChI=1S/C12H21N3O3/c1-9-8-14(6-7-18-9)4-5-15-10(16)12(2,3)13-11(15)17/h9H,4-8H2,1-3H3,(H,13,17)/t9-/m1/s1. The second kappa shape index (κ2) is 4.85. The number of ether oxygens (including phenoxy) is 1. The molecule has 0 unspecified atom stereocenters. The fraction of sp³-hybridized carbons (Fsp3) is 0.833. The smallest absolute Gasteiger partial charge is 0.325 e. The molecular weight excluding hydrogens is 234 g/mol. The Balaban J connectivity index is 1.87. The predicted octanol–water partition coefficient (Wildman–Crippen LogP) is 0.0375. The van der Waals surface area contributed by atoms with Crippen LogP contribution in [0.25, 0.3) is 0 Å². The molecule has 1 N–H and O–H groups in total. The Morgan fingerprint density at radius 1 is 1.39 bits per heavy atom. The minimum Gasteiger partial charge on any atom is -0.376 e. The van der Waals surface area contributed by atoms with E-state index in [1.165, 1.54) is 4.90 Å². The van der Waals surface area contributed by atoms with Crippen molar-refractivity contribution in [3.05, 3.63) is 0 Å². The van der Waals surface area contributed by atoms with Crippen LogP contribution in [-0.4, -0.2) is 66.2 Å². The highest BCUT2D eigenvalue weighted by Crippen LogP contribution is 2.16. The fourth-order valence-corrected chi connectivity index (χ4v) is 2.36. The van der Waals surface area contributed by atoms with Crippen LogP contribution in [0.3, 0.4) is 0 Å². The molecule has 2 rings (SSSR count). The van der Waals surface area contributed by atoms with Crippen LogP contribution >= 0.6 is 0 Å². The van der Waals surface area contributed by atoms with E-state index >= 15 is 0 Å². The molecule has 1 atom stereocenters. The number of urea groups is 1. The van der Waals surface area contributed by atoms with Gasteiger partial charge < -0.3 is 10.1 Å². The van der Waals surface area contributed by atoms with Crippen LogP contribution < -0.4 is 5.32 Å². The van der Waals surface area contributed by atoms with Crippen molar-refractivity contribution >= 4 is 11.9 Å². The molecule has 0 radical (unpaired) electrons. The lowest BCUT2D eigenvalue weighted by atomic mass is 10.1. The molecule has 6 heteroatoms. The molecule has 18 heavy (non-hydrogen) atoms. The van der Waals surface area contributed by atoms with Crippen molar-refractivity contribution in [3.63, 3.8) is 0 Å². The largest absolute Gasteiger partial charge is 0.376 e. The molecule has 0 aromatic heterocycles. The molecule has 0 aliphatic carbocycles. The Labute approximate surface area is 107 Å². The van der Waals surface area contributed by atoms with Gasteiger partial charge in [0.05, 0.1) is 12.7 Å². The van der Waals surface area contributed by atoms with Crippen molar-refractivity contribution in [2.45, 2.75) is 32.4 Å². The zero-order valence-electron chi connectivity index (χ0n) is 11.2. The van der Waals surface area contributed by atoms with Crippen molar-refractivity contribution in [1.82, 2.24) is 15.1 Å². The molecule has 2 saturated heterocycles. The summed E-state index contributed by atoms with van der Waals surface area (Å²) in [7, 11) is 0. The van der Waals surface area contributed by atoms with Gasteiger partial charge in [0.15, 0.2) is 0 Å². The van der Waals surface area contributed by atoms with E-state index in [0.717, 1.165) is 13.1 Å². The first-order valence-corrected chi connectivity index (χ1v) is 6.38. The van der Waals surface area contributed by atoms with Gasteiger partial charge in [-0.25, -0.2) is 4.79 Å². The minimum absolute atomic E-state index is 0.145. The fourth-order valence-electron chi connectivity index (χ4n) is 2.36. The molecule has 0 spiro atoms. The molecule has 0 bridgehead atoms. The van der Waals surface area contributed by atoms with Crippen molar-refractivity contribution in [1.29, 1.82) is 0 Å². The molecule has 2 aliphatic heterocycles. The number of carbonyl (C=O) groups is 2. The van der Waals surface area contributed by atoms with Gasteiger partial charge in [-0.15, -0.1) is 0 Å². The number of nitrogens with one attached hydrogen (secondary N) is 1. The number of amides is 3. The van der Waals surface area contributed by atoms with Gasteiger partial charge in [0.1, 0.15) is 5.54 Å². The maximum Gasteiger partial charge on any atom is 0.325 e. The van der Waals surface area contributed by atoms with E-state index in [1.807, 2.05) is 6.92 Å². The number of hydrogen-bond acceptors (Lipinski definition) is 4. The highest BCUT2D eigenvalue weighted by molar-refractivity contribution is 6.06. The average molecular weight is 255 g/mol. The van der Waals surface area contributed by atoms with E-state index in [4.69, 9.17) is 4.74 Å². The van der Waals surface area contributed by atoms with Crippen LogP contribution in [0, 0.1) is 0 Å². The van der Waals surface area contributed by atoms with E-state index in [1.54, 1.807) is 13.8 Å². The molecule has 6 nitrogen and oxygen atoms in total. The van der Waals surface area contributed by atoms with Crippen molar-refractivity contribution in [2.24, 2.45) is 0 Å². The summed E-state index contributed by atoms with van der Waals surface area (Å²) >= 11 is 0. The lowest BCUT2D eigenvalue weighted by Crippen LogP contribution is -2.46. The Hall–Kier alpha value is -1.14. The van der Waals surface area contributed by atoms with Crippen LogP contribution in [0.1, 0.15) is 20.8 Å². The van der Waals surface area contributed by atoms with Gasteiger partial charge in [0, 0.05) is 26.2 Å². The first-order valence-electron chi connectivity index (χ1n) is 6.38. The zero-order valence-corrected chi connectivity index (χ0v) is 11.2. The highest BCUT2D eigenvalue weighted by atomic mass is 16.5. The number of hydrogen-bond donors (Lipinski definition) is 1. The zero-order chi connectivity index (χ0) is 13.3. The van der Waals surface area contributed by atoms with E-state index in [-0.39, 0.29) is 18.0 Å². The van der Waals surface area contributed by atoms with E-state index in [0.29, 0.717) is 19.7 Å². The van der Waals surface area contributed by atoms with E-state index < -0.39 is 5.54 Å².